The number of guanidine groups is 1. The van der Waals surface area contributed by atoms with Crippen molar-refractivity contribution in [2.45, 2.75) is 31.9 Å². The molecule has 0 amide bonds. The van der Waals surface area contributed by atoms with E-state index in [0.717, 1.165) is 71.3 Å². The van der Waals surface area contributed by atoms with E-state index < -0.39 is 0 Å². The average molecular weight is 455 g/mol. The highest BCUT2D eigenvalue weighted by Gasteiger charge is 2.10. The van der Waals surface area contributed by atoms with Crippen LogP contribution in [0.2, 0.25) is 0 Å². The molecule has 1 aliphatic heterocycles. The number of thioether (sulfide) groups is 1. The first-order valence-electron chi connectivity index (χ1n) is 10.4. The Balaban J connectivity index is 1.24. The van der Waals surface area contributed by atoms with Crippen LogP contribution in [-0.2, 0) is 25.0 Å². The lowest BCUT2D eigenvalue weighted by molar-refractivity contribution is 0.840. The van der Waals surface area contributed by atoms with Gasteiger partial charge in [0.25, 0.3) is 5.56 Å². The van der Waals surface area contributed by atoms with Crippen LogP contribution in [0, 0.1) is 6.92 Å². The van der Waals surface area contributed by atoms with E-state index in [1.165, 1.54) is 5.56 Å². The van der Waals surface area contributed by atoms with Gasteiger partial charge in [-0.3, -0.25) is 9.79 Å². The number of nitrogens with one attached hydrogen (secondary N) is 3. The number of aromatic nitrogens is 3. The first kappa shape index (κ1) is 21.6. The third-order valence-electron chi connectivity index (χ3n) is 4.96. The van der Waals surface area contributed by atoms with Gasteiger partial charge in [0, 0.05) is 41.1 Å². The highest BCUT2D eigenvalue weighted by atomic mass is 32.2. The molecule has 0 aliphatic carbocycles. The van der Waals surface area contributed by atoms with Crippen LogP contribution in [0.4, 0.5) is 5.13 Å². The molecule has 0 spiro atoms. The second kappa shape index (κ2) is 10.6. The van der Waals surface area contributed by atoms with Gasteiger partial charge in [-0.2, -0.15) is 11.8 Å². The molecule has 3 heterocycles. The number of H-pyrrole nitrogens is 1. The van der Waals surface area contributed by atoms with Gasteiger partial charge in [-0.25, -0.2) is 9.97 Å². The van der Waals surface area contributed by atoms with Crippen molar-refractivity contribution < 1.29 is 0 Å². The summed E-state index contributed by atoms with van der Waals surface area (Å²) in [6, 6.07) is 10.2. The summed E-state index contributed by atoms with van der Waals surface area (Å²) in [5, 5.41) is 9.31. The molecule has 1 aromatic carbocycles. The van der Waals surface area contributed by atoms with Gasteiger partial charge in [0.1, 0.15) is 5.82 Å². The van der Waals surface area contributed by atoms with Gasteiger partial charge in [-0.1, -0.05) is 30.3 Å². The van der Waals surface area contributed by atoms with Crippen molar-refractivity contribution in [2.75, 3.05) is 24.2 Å². The minimum absolute atomic E-state index is 0.0120. The Bertz CT molecular complexity index is 1090. The number of nitrogens with zero attached hydrogens (tertiary/aromatic N) is 3. The summed E-state index contributed by atoms with van der Waals surface area (Å²) < 4.78 is 0. The van der Waals surface area contributed by atoms with E-state index in [0.29, 0.717) is 6.42 Å². The lowest BCUT2D eigenvalue weighted by Crippen LogP contribution is -2.26. The van der Waals surface area contributed by atoms with Crippen molar-refractivity contribution >= 4 is 34.2 Å². The van der Waals surface area contributed by atoms with Crippen LogP contribution in [0.5, 0.6) is 0 Å². The fraction of sp³-hybridized carbons (Fsp3) is 0.364. The summed E-state index contributed by atoms with van der Waals surface area (Å²) in [6.07, 6.45) is 2.28. The molecule has 0 fully saturated rings. The first-order valence-corrected chi connectivity index (χ1v) is 12.4. The molecular formula is C22H26N6OS2. The monoisotopic (exact) mass is 454 g/mol. The maximum absolute atomic E-state index is 12.5. The lowest BCUT2D eigenvalue weighted by Gasteiger charge is -2.07. The minimum Gasteiger partial charge on any atom is -0.354 e. The standard InChI is InChI=1S/C22H26N6OS2/c1-15-18(8-7-16-5-3-2-4-6-16)20(29)27-19(25-15)9-12-30-13-17-14-31-22(26-17)28-21-23-10-11-24-21/h2-6,14H,7-13H2,1H3,(H,25,27,29)(H2,23,24,26,28). The summed E-state index contributed by atoms with van der Waals surface area (Å²) >= 11 is 3.37. The van der Waals surface area contributed by atoms with E-state index in [1.54, 1.807) is 23.1 Å². The zero-order valence-electron chi connectivity index (χ0n) is 17.5. The third kappa shape index (κ3) is 6.18. The van der Waals surface area contributed by atoms with Crippen molar-refractivity contribution in [1.82, 2.24) is 20.3 Å². The summed E-state index contributed by atoms with van der Waals surface area (Å²) in [7, 11) is 0. The number of benzene rings is 1. The van der Waals surface area contributed by atoms with Crippen molar-refractivity contribution in [1.29, 1.82) is 0 Å². The van der Waals surface area contributed by atoms with E-state index >= 15 is 0 Å². The zero-order chi connectivity index (χ0) is 21.5. The molecule has 0 saturated carbocycles. The van der Waals surface area contributed by atoms with Crippen LogP contribution in [0.25, 0.3) is 0 Å². The molecule has 3 aromatic rings. The topological polar surface area (TPSA) is 95.1 Å². The summed E-state index contributed by atoms with van der Waals surface area (Å²) in [6.45, 7) is 3.61. The Kier molecular flexibility index (Phi) is 7.37. The molecule has 9 heteroatoms. The third-order valence-corrected chi connectivity index (χ3v) is 6.76. The number of aryl methyl sites for hydroxylation is 3. The normalized spacial score (nSPS) is 13.1. The van der Waals surface area contributed by atoms with Crippen LogP contribution in [0.15, 0.2) is 45.5 Å². The number of aromatic amines is 1. The number of rotatable bonds is 9. The van der Waals surface area contributed by atoms with E-state index in [4.69, 9.17) is 0 Å². The van der Waals surface area contributed by atoms with Gasteiger partial charge < -0.3 is 15.6 Å². The second-order valence-corrected chi connectivity index (χ2v) is 9.25. The molecule has 162 valence electrons. The number of hydrogen-bond acceptors (Lipinski definition) is 8. The quantitative estimate of drug-likeness (QED) is 0.430. The Labute approximate surface area is 189 Å². The molecule has 0 saturated heterocycles. The van der Waals surface area contributed by atoms with Crippen LogP contribution in [-0.4, -0.2) is 39.8 Å². The van der Waals surface area contributed by atoms with Gasteiger partial charge in [0.15, 0.2) is 11.1 Å². The van der Waals surface area contributed by atoms with Crippen LogP contribution in [0.3, 0.4) is 0 Å². The number of aliphatic imine (C=N–C) groups is 1. The van der Waals surface area contributed by atoms with E-state index in [-0.39, 0.29) is 5.56 Å². The molecule has 31 heavy (non-hydrogen) atoms. The molecule has 2 aromatic heterocycles. The fourth-order valence-corrected chi connectivity index (χ4v) is 5.01. The largest absolute Gasteiger partial charge is 0.354 e. The van der Waals surface area contributed by atoms with Gasteiger partial charge >= 0.3 is 0 Å². The van der Waals surface area contributed by atoms with Crippen molar-refractivity contribution in [3.8, 4) is 0 Å². The minimum atomic E-state index is -0.0120. The maximum Gasteiger partial charge on any atom is 0.254 e. The van der Waals surface area contributed by atoms with Crippen LogP contribution < -0.4 is 16.2 Å². The van der Waals surface area contributed by atoms with Crippen LogP contribution >= 0.6 is 23.1 Å². The smallest absolute Gasteiger partial charge is 0.254 e. The van der Waals surface area contributed by atoms with E-state index in [1.807, 2.05) is 25.1 Å². The Morgan fingerprint density at radius 3 is 2.81 bits per heavy atom. The number of anilines is 1. The molecule has 3 N–H and O–H groups in total. The molecule has 4 rings (SSSR count). The molecule has 0 unspecified atom stereocenters. The highest BCUT2D eigenvalue weighted by molar-refractivity contribution is 7.98. The second-order valence-electron chi connectivity index (χ2n) is 7.29. The summed E-state index contributed by atoms with van der Waals surface area (Å²) in [5.74, 6) is 3.26. The molecule has 1 aliphatic rings. The molecule has 7 nitrogen and oxygen atoms in total. The first-order chi connectivity index (χ1) is 15.2. The Hall–Kier alpha value is -2.65. The number of thiazole rings is 1. The molecule has 0 bridgehead atoms. The average Bonchev–Trinajstić information content (AvgIpc) is 3.44. The highest BCUT2D eigenvalue weighted by Crippen LogP contribution is 2.20. The SMILES string of the molecule is Cc1nc(CCSCc2csc(NC3=NCCN3)n2)[nH]c(=O)c1CCc1ccccc1. The van der Waals surface area contributed by atoms with Crippen molar-refractivity contribution in [3.05, 3.63) is 74.4 Å². The van der Waals surface area contributed by atoms with E-state index in [2.05, 4.69) is 48.1 Å². The van der Waals surface area contributed by atoms with Crippen LogP contribution in [0.1, 0.15) is 28.3 Å². The fourth-order valence-electron chi connectivity index (χ4n) is 3.35. The van der Waals surface area contributed by atoms with Gasteiger partial charge in [-0.05, 0) is 25.3 Å². The van der Waals surface area contributed by atoms with Gasteiger partial charge in [-0.15, -0.1) is 11.3 Å². The molecular weight excluding hydrogens is 428 g/mol. The Morgan fingerprint density at radius 1 is 1.16 bits per heavy atom. The van der Waals surface area contributed by atoms with Crippen molar-refractivity contribution in [2.24, 2.45) is 4.99 Å². The van der Waals surface area contributed by atoms with Gasteiger partial charge in [0.2, 0.25) is 0 Å². The molecule has 0 radical (unpaired) electrons. The molecule has 0 atom stereocenters. The van der Waals surface area contributed by atoms with Gasteiger partial charge in [0.05, 0.1) is 12.2 Å². The lowest BCUT2D eigenvalue weighted by atomic mass is 10.0. The zero-order valence-corrected chi connectivity index (χ0v) is 19.1. The summed E-state index contributed by atoms with van der Waals surface area (Å²) in [5.41, 5.74) is 3.88. The van der Waals surface area contributed by atoms with Crippen molar-refractivity contribution in [3.63, 3.8) is 0 Å². The maximum atomic E-state index is 12.5. The van der Waals surface area contributed by atoms with E-state index in [9.17, 15) is 4.79 Å². The number of hydrogen-bond donors (Lipinski definition) is 3. The Morgan fingerprint density at radius 2 is 2.03 bits per heavy atom. The predicted octanol–water partition coefficient (Wildman–Crippen LogP) is 3.17. The summed E-state index contributed by atoms with van der Waals surface area (Å²) in [4.78, 5) is 29.1. The predicted molar refractivity (Wildman–Crippen MR) is 129 cm³/mol.